The van der Waals surface area contributed by atoms with Crippen molar-refractivity contribution in [1.29, 1.82) is 0 Å². The molecule has 0 spiro atoms. The largest absolute Gasteiger partial charge is 0.312 e. The minimum Gasteiger partial charge on any atom is -0.312 e. The van der Waals surface area contributed by atoms with Gasteiger partial charge in [-0.3, -0.25) is 4.90 Å². The Kier molecular flexibility index (Phi) is 2.94. The van der Waals surface area contributed by atoms with E-state index in [1.54, 1.807) is 0 Å². The zero-order valence-corrected chi connectivity index (χ0v) is 9.73. The maximum Gasteiger partial charge on any atom is 0.0234 e. The average Bonchev–Trinajstić information content (AvgIpc) is 2.77. The van der Waals surface area contributed by atoms with E-state index in [-0.39, 0.29) is 0 Å². The van der Waals surface area contributed by atoms with Crippen LogP contribution in [-0.2, 0) is 6.54 Å². The fourth-order valence-corrected chi connectivity index (χ4v) is 3.08. The molecule has 1 N–H and O–H groups in total. The van der Waals surface area contributed by atoms with E-state index in [1.807, 2.05) is 0 Å². The highest BCUT2D eigenvalue weighted by Crippen LogP contribution is 2.25. The van der Waals surface area contributed by atoms with E-state index in [1.165, 1.54) is 38.0 Å². The van der Waals surface area contributed by atoms with Crippen molar-refractivity contribution >= 4 is 0 Å². The van der Waals surface area contributed by atoms with E-state index in [0.29, 0.717) is 0 Å². The molecule has 2 heterocycles. The molecule has 0 aliphatic carbocycles. The monoisotopic (exact) mass is 216 g/mol. The van der Waals surface area contributed by atoms with Gasteiger partial charge >= 0.3 is 0 Å². The molecule has 1 aromatic rings. The van der Waals surface area contributed by atoms with Gasteiger partial charge in [-0.25, -0.2) is 0 Å². The summed E-state index contributed by atoms with van der Waals surface area (Å²) in [5.74, 6) is 0.951. The van der Waals surface area contributed by atoms with Crippen molar-refractivity contribution < 1.29 is 0 Å². The lowest BCUT2D eigenvalue weighted by Gasteiger charge is -2.34. The van der Waals surface area contributed by atoms with Gasteiger partial charge < -0.3 is 5.32 Å². The summed E-state index contributed by atoms with van der Waals surface area (Å²) in [6.45, 7) is 4.86. The summed E-state index contributed by atoms with van der Waals surface area (Å²) in [6, 6.07) is 11.6. The Hall–Kier alpha value is -0.860. The lowest BCUT2D eigenvalue weighted by atomic mass is 9.92. The molecule has 0 amide bonds. The Morgan fingerprint density at radius 1 is 1.19 bits per heavy atom. The van der Waals surface area contributed by atoms with E-state index in [9.17, 15) is 0 Å². The number of piperidine rings is 1. The normalized spacial score (nSPS) is 30.2. The molecule has 1 aromatic carbocycles. The van der Waals surface area contributed by atoms with Gasteiger partial charge in [0, 0.05) is 19.1 Å². The minimum atomic E-state index is 0.762. The second kappa shape index (κ2) is 4.56. The Labute approximate surface area is 97.6 Å². The first-order valence-electron chi connectivity index (χ1n) is 6.41. The molecule has 0 aromatic heterocycles. The average molecular weight is 216 g/mol. The topological polar surface area (TPSA) is 15.3 Å². The van der Waals surface area contributed by atoms with Crippen LogP contribution < -0.4 is 5.32 Å². The molecule has 2 fully saturated rings. The van der Waals surface area contributed by atoms with Gasteiger partial charge in [0.2, 0.25) is 0 Å². The van der Waals surface area contributed by atoms with Crippen LogP contribution in [0.3, 0.4) is 0 Å². The Balaban J connectivity index is 1.60. The van der Waals surface area contributed by atoms with Crippen molar-refractivity contribution in [2.24, 2.45) is 5.92 Å². The Morgan fingerprint density at radius 3 is 2.94 bits per heavy atom. The van der Waals surface area contributed by atoms with Crippen molar-refractivity contribution in [3.63, 3.8) is 0 Å². The summed E-state index contributed by atoms with van der Waals surface area (Å²) in [4.78, 5) is 2.59. The van der Waals surface area contributed by atoms with Gasteiger partial charge in [-0.15, -0.1) is 0 Å². The Bertz CT molecular complexity index is 336. The summed E-state index contributed by atoms with van der Waals surface area (Å²) in [6.07, 6.45) is 2.77. The summed E-state index contributed by atoms with van der Waals surface area (Å²) in [7, 11) is 0. The smallest absolute Gasteiger partial charge is 0.0234 e. The van der Waals surface area contributed by atoms with Crippen LogP contribution in [0.25, 0.3) is 0 Å². The van der Waals surface area contributed by atoms with Crippen molar-refractivity contribution in [3.8, 4) is 0 Å². The van der Waals surface area contributed by atoms with Gasteiger partial charge in [-0.1, -0.05) is 30.3 Å². The van der Waals surface area contributed by atoms with Crippen molar-refractivity contribution in [2.75, 3.05) is 19.6 Å². The molecule has 2 heteroatoms. The van der Waals surface area contributed by atoms with Crippen LogP contribution in [0.4, 0.5) is 0 Å². The maximum absolute atomic E-state index is 3.63. The number of fused-ring (bicyclic) bond motifs is 1. The van der Waals surface area contributed by atoms with Crippen LogP contribution in [-0.4, -0.2) is 30.6 Å². The lowest BCUT2D eigenvalue weighted by molar-refractivity contribution is 0.159. The highest BCUT2D eigenvalue weighted by atomic mass is 15.2. The molecule has 86 valence electrons. The quantitative estimate of drug-likeness (QED) is 0.812. The van der Waals surface area contributed by atoms with Gasteiger partial charge in [0.25, 0.3) is 0 Å². The second-order valence-electron chi connectivity index (χ2n) is 5.12. The number of likely N-dealkylation sites (tertiary alicyclic amines) is 1. The van der Waals surface area contributed by atoms with E-state index >= 15 is 0 Å². The number of rotatable bonds is 2. The maximum atomic E-state index is 3.63. The molecule has 2 unspecified atom stereocenters. The van der Waals surface area contributed by atoms with Gasteiger partial charge in [0.05, 0.1) is 0 Å². The van der Waals surface area contributed by atoms with Crippen molar-refractivity contribution in [2.45, 2.75) is 25.4 Å². The summed E-state index contributed by atoms with van der Waals surface area (Å²) >= 11 is 0. The first-order valence-corrected chi connectivity index (χ1v) is 6.41. The molecule has 2 aliphatic heterocycles. The zero-order valence-electron chi connectivity index (χ0n) is 9.73. The minimum absolute atomic E-state index is 0.762. The molecule has 0 saturated carbocycles. The molecule has 2 atom stereocenters. The molecular weight excluding hydrogens is 196 g/mol. The van der Waals surface area contributed by atoms with Gasteiger partial charge in [-0.2, -0.15) is 0 Å². The number of nitrogens with zero attached hydrogens (tertiary/aromatic N) is 1. The van der Waals surface area contributed by atoms with E-state index in [0.717, 1.165) is 18.5 Å². The molecule has 3 rings (SSSR count). The first kappa shape index (κ1) is 10.3. The van der Waals surface area contributed by atoms with Crippen molar-refractivity contribution in [1.82, 2.24) is 10.2 Å². The number of benzene rings is 1. The fraction of sp³-hybridized carbons (Fsp3) is 0.571. The number of hydrogen-bond acceptors (Lipinski definition) is 2. The van der Waals surface area contributed by atoms with E-state index in [4.69, 9.17) is 0 Å². The van der Waals surface area contributed by atoms with Gasteiger partial charge in [0.15, 0.2) is 0 Å². The molecule has 0 radical (unpaired) electrons. The molecule has 0 bridgehead atoms. The van der Waals surface area contributed by atoms with Gasteiger partial charge in [0.1, 0.15) is 0 Å². The number of hydrogen-bond donors (Lipinski definition) is 1. The molecule has 2 saturated heterocycles. The summed E-state index contributed by atoms with van der Waals surface area (Å²) in [5.41, 5.74) is 1.44. The van der Waals surface area contributed by atoms with Crippen LogP contribution in [0.5, 0.6) is 0 Å². The second-order valence-corrected chi connectivity index (χ2v) is 5.12. The number of nitrogens with one attached hydrogen (secondary N) is 1. The predicted octanol–water partition coefficient (Wildman–Crippen LogP) is 1.87. The van der Waals surface area contributed by atoms with Gasteiger partial charge in [-0.05, 0) is 37.4 Å². The molecule has 2 nitrogen and oxygen atoms in total. The summed E-state index contributed by atoms with van der Waals surface area (Å²) < 4.78 is 0. The summed E-state index contributed by atoms with van der Waals surface area (Å²) in [5, 5.41) is 3.63. The van der Waals surface area contributed by atoms with Crippen LogP contribution in [0, 0.1) is 5.92 Å². The third-order valence-corrected chi connectivity index (χ3v) is 4.01. The van der Waals surface area contributed by atoms with Crippen LogP contribution >= 0.6 is 0 Å². The van der Waals surface area contributed by atoms with E-state index < -0.39 is 0 Å². The third kappa shape index (κ3) is 2.13. The first-order chi connectivity index (χ1) is 7.92. The Morgan fingerprint density at radius 2 is 2.06 bits per heavy atom. The fourth-order valence-electron chi connectivity index (χ4n) is 3.08. The lowest BCUT2D eigenvalue weighted by Crippen LogP contribution is -2.45. The SMILES string of the molecule is c1ccc(CN2CCC3CCNC3C2)cc1. The van der Waals surface area contributed by atoms with E-state index in [2.05, 4.69) is 40.5 Å². The molecule has 2 aliphatic rings. The van der Waals surface area contributed by atoms with Crippen LogP contribution in [0.15, 0.2) is 30.3 Å². The standard InChI is InChI=1S/C14H20N2/c1-2-4-12(5-3-1)10-16-9-7-13-6-8-15-14(13)11-16/h1-5,13-15H,6-11H2. The molecule has 16 heavy (non-hydrogen) atoms. The van der Waals surface area contributed by atoms with Crippen LogP contribution in [0.1, 0.15) is 18.4 Å². The predicted molar refractivity (Wildman–Crippen MR) is 66.2 cm³/mol. The molecular formula is C14H20N2. The third-order valence-electron chi connectivity index (χ3n) is 4.01. The highest BCUT2D eigenvalue weighted by molar-refractivity contribution is 5.14. The van der Waals surface area contributed by atoms with Crippen molar-refractivity contribution in [3.05, 3.63) is 35.9 Å². The highest BCUT2D eigenvalue weighted by Gasteiger charge is 2.32. The zero-order chi connectivity index (χ0) is 10.8. The van der Waals surface area contributed by atoms with Crippen LogP contribution in [0.2, 0.25) is 0 Å².